The highest BCUT2D eigenvalue weighted by Gasteiger charge is 2.20. The van der Waals surface area contributed by atoms with Gasteiger partial charge in [0.05, 0.1) is 0 Å². The number of aliphatic imine (C=N–C) groups is 2. The van der Waals surface area contributed by atoms with Gasteiger partial charge in [0, 0.05) is 13.8 Å². The lowest BCUT2D eigenvalue weighted by molar-refractivity contribution is 0.315. The summed E-state index contributed by atoms with van der Waals surface area (Å²) >= 11 is 0. The van der Waals surface area contributed by atoms with Crippen LogP contribution in [-0.4, -0.2) is 25.0 Å². The first-order chi connectivity index (χ1) is 8.72. The minimum Gasteiger partial charge on any atom is -0.479 e. The van der Waals surface area contributed by atoms with E-state index in [2.05, 4.69) is 34.3 Å². The van der Waals surface area contributed by atoms with E-state index in [4.69, 9.17) is 9.47 Å². The summed E-state index contributed by atoms with van der Waals surface area (Å²) in [5, 5.41) is 0. The van der Waals surface area contributed by atoms with Crippen LogP contribution in [-0.2, 0) is 9.47 Å². The highest BCUT2D eigenvalue weighted by atomic mass is 16.5. The van der Waals surface area contributed by atoms with Crippen molar-refractivity contribution in [3.63, 3.8) is 0 Å². The molecule has 2 aliphatic heterocycles. The Morgan fingerprint density at radius 1 is 0.833 bits per heavy atom. The molecule has 0 aromatic heterocycles. The van der Waals surface area contributed by atoms with Crippen LogP contribution in [0.2, 0.25) is 0 Å². The molecule has 2 atom stereocenters. The molecular formula is C14H16N2O2. The number of ether oxygens (including phenoxy) is 2. The molecular weight excluding hydrogens is 228 g/mol. The van der Waals surface area contributed by atoms with E-state index in [0.717, 1.165) is 11.8 Å². The van der Waals surface area contributed by atoms with Gasteiger partial charge < -0.3 is 9.47 Å². The summed E-state index contributed by atoms with van der Waals surface area (Å²) in [6, 6.07) is 8.71. The third-order valence-corrected chi connectivity index (χ3v) is 3.28. The van der Waals surface area contributed by atoms with E-state index < -0.39 is 0 Å². The maximum Gasteiger partial charge on any atom is 0.180 e. The summed E-state index contributed by atoms with van der Waals surface area (Å²) in [5.74, 6) is 1.54. The van der Waals surface area contributed by atoms with E-state index in [-0.39, 0.29) is 12.1 Å². The van der Waals surface area contributed by atoms with Crippen molar-refractivity contribution in [2.45, 2.75) is 25.9 Å². The maximum absolute atomic E-state index is 5.37. The molecule has 4 nitrogen and oxygen atoms in total. The third kappa shape index (κ3) is 2.10. The lowest BCUT2D eigenvalue weighted by Crippen LogP contribution is -2.00. The average molecular weight is 244 g/mol. The van der Waals surface area contributed by atoms with Crippen LogP contribution in [0, 0.1) is 0 Å². The van der Waals surface area contributed by atoms with Gasteiger partial charge in [-0.05, 0) is 11.1 Å². The van der Waals surface area contributed by atoms with Gasteiger partial charge in [0.15, 0.2) is 11.8 Å². The minimum absolute atomic E-state index is 0.143. The van der Waals surface area contributed by atoms with Crippen molar-refractivity contribution >= 4 is 11.8 Å². The first-order valence-electron chi connectivity index (χ1n) is 6.16. The molecule has 2 heterocycles. The second-order valence-corrected chi connectivity index (χ2v) is 4.62. The molecule has 0 saturated carbocycles. The van der Waals surface area contributed by atoms with Crippen molar-refractivity contribution in [1.29, 1.82) is 0 Å². The fourth-order valence-electron chi connectivity index (χ4n) is 2.27. The Balaban J connectivity index is 1.77. The quantitative estimate of drug-likeness (QED) is 0.802. The fraction of sp³-hybridized carbons (Fsp3) is 0.429. The molecule has 3 rings (SSSR count). The van der Waals surface area contributed by atoms with Crippen molar-refractivity contribution in [3.8, 4) is 0 Å². The van der Waals surface area contributed by atoms with E-state index in [9.17, 15) is 0 Å². The van der Waals surface area contributed by atoms with Gasteiger partial charge in [-0.15, -0.1) is 0 Å². The summed E-state index contributed by atoms with van der Waals surface area (Å²) < 4.78 is 10.7. The maximum atomic E-state index is 5.37. The minimum atomic E-state index is 0.143. The number of rotatable bonds is 2. The number of hydrogen-bond donors (Lipinski definition) is 0. The number of nitrogens with zero attached hydrogens (tertiary/aromatic N) is 2. The molecule has 4 heteroatoms. The topological polar surface area (TPSA) is 43.2 Å². The second kappa shape index (κ2) is 4.44. The third-order valence-electron chi connectivity index (χ3n) is 3.28. The van der Waals surface area contributed by atoms with Crippen LogP contribution in [0.1, 0.15) is 37.1 Å². The predicted molar refractivity (Wildman–Crippen MR) is 70.0 cm³/mol. The van der Waals surface area contributed by atoms with Gasteiger partial charge in [-0.25, -0.2) is 9.98 Å². The molecule has 18 heavy (non-hydrogen) atoms. The van der Waals surface area contributed by atoms with Gasteiger partial charge in [-0.3, -0.25) is 0 Å². The van der Waals surface area contributed by atoms with Crippen molar-refractivity contribution in [2.24, 2.45) is 9.98 Å². The summed E-state index contributed by atoms with van der Waals surface area (Å²) in [4.78, 5) is 8.88. The molecule has 0 radical (unpaired) electrons. The van der Waals surface area contributed by atoms with Gasteiger partial charge in [0.1, 0.15) is 25.3 Å². The zero-order chi connectivity index (χ0) is 12.5. The van der Waals surface area contributed by atoms with Crippen LogP contribution in [0.4, 0.5) is 0 Å². The lowest BCUT2D eigenvalue weighted by Gasteiger charge is -2.09. The SMILES string of the molecule is CC1=NC(c2ccc(C3COC(C)=N3)cc2)CO1. The van der Waals surface area contributed by atoms with Crippen molar-refractivity contribution in [2.75, 3.05) is 13.2 Å². The Morgan fingerprint density at radius 2 is 1.22 bits per heavy atom. The van der Waals surface area contributed by atoms with Crippen LogP contribution in [0.3, 0.4) is 0 Å². The zero-order valence-corrected chi connectivity index (χ0v) is 10.6. The highest BCUT2D eigenvalue weighted by molar-refractivity contribution is 5.75. The molecule has 2 aliphatic rings. The van der Waals surface area contributed by atoms with Gasteiger partial charge in [0.25, 0.3) is 0 Å². The molecule has 1 aromatic carbocycles. The molecule has 1 aromatic rings. The van der Waals surface area contributed by atoms with E-state index >= 15 is 0 Å². The van der Waals surface area contributed by atoms with Gasteiger partial charge in [0.2, 0.25) is 0 Å². The predicted octanol–water partition coefficient (Wildman–Crippen LogP) is 2.67. The van der Waals surface area contributed by atoms with Gasteiger partial charge >= 0.3 is 0 Å². The Hall–Kier alpha value is -1.84. The summed E-state index contributed by atoms with van der Waals surface area (Å²) in [7, 11) is 0. The van der Waals surface area contributed by atoms with Crippen molar-refractivity contribution in [3.05, 3.63) is 35.4 Å². The summed E-state index contributed by atoms with van der Waals surface area (Å²) in [5.41, 5.74) is 2.38. The summed E-state index contributed by atoms with van der Waals surface area (Å²) in [6.07, 6.45) is 0. The van der Waals surface area contributed by atoms with Gasteiger partial charge in [-0.1, -0.05) is 24.3 Å². The Kier molecular flexibility index (Phi) is 2.78. The smallest absolute Gasteiger partial charge is 0.180 e. The normalized spacial score (nSPS) is 26.3. The van der Waals surface area contributed by atoms with Crippen LogP contribution < -0.4 is 0 Å². The van der Waals surface area contributed by atoms with E-state index in [1.54, 1.807) is 0 Å². The molecule has 0 fully saturated rings. The molecule has 0 spiro atoms. The summed E-state index contributed by atoms with van der Waals surface area (Å²) in [6.45, 7) is 5.08. The van der Waals surface area contributed by atoms with E-state index in [0.29, 0.717) is 13.2 Å². The zero-order valence-electron chi connectivity index (χ0n) is 10.6. The largest absolute Gasteiger partial charge is 0.479 e. The molecule has 94 valence electrons. The molecule has 0 aliphatic carbocycles. The molecule has 2 unspecified atom stereocenters. The van der Waals surface area contributed by atoms with E-state index in [1.807, 2.05) is 13.8 Å². The second-order valence-electron chi connectivity index (χ2n) is 4.62. The monoisotopic (exact) mass is 244 g/mol. The first-order valence-corrected chi connectivity index (χ1v) is 6.16. The first kappa shape index (κ1) is 11.3. The van der Waals surface area contributed by atoms with Crippen LogP contribution >= 0.6 is 0 Å². The van der Waals surface area contributed by atoms with Gasteiger partial charge in [-0.2, -0.15) is 0 Å². The molecule has 0 amide bonds. The lowest BCUT2D eigenvalue weighted by atomic mass is 10.0. The average Bonchev–Trinajstić information content (AvgIpc) is 2.98. The Labute approximate surface area is 106 Å². The standard InChI is InChI=1S/C14H16N2O2/c1-9-15-13(7-17-9)11-3-5-12(6-4-11)14-8-18-10(2)16-14/h3-6,13-14H,7-8H2,1-2H3. The van der Waals surface area contributed by atoms with Crippen LogP contribution in [0.5, 0.6) is 0 Å². The van der Waals surface area contributed by atoms with Crippen molar-refractivity contribution in [1.82, 2.24) is 0 Å². The van der Waals surface area contributed by atoms with Crippen molar-refractivity contribution < 1.29 is 9.47 Å². The number of benzene rings is 1. The van der Waals surface area contributed by atoms with Crippen LogP contribution in [0.25, 0.3) is 0 Å². The van der Waals surface area contributed by atoms with Crippen LogP contribution in [0.15, 0.2) is 34.3 Å². The Bertz CT molecular complexity index is 458. The molecule has 0 bridgehead atoms. The molecule has 0 N–H and O–H groups in total. The Morgan fingerprint density at radius 3 is 1.50 bits per heavy atom. The highest BCUT2D eigenvalue weighted by Crippen LogP contribution is 2.27. The molecule has 0 saturated heterocycles. The number of hydrogen-bond acceptors (Lipinski definition) is 4. The fourth-order valence-corrected chi connectivity index (χ4v) is 2.27. The van der Waals surface area contributed by atoms with E-state index in [1.165, 1.54) is 11.1 Å².